The number of benzene rings is 1. The molecule has 2 atom stereocenters. The lowest BCUT2D eigenvalue weighted by atomic mass is 9.96. The zero-order valence-corrected chi connectivity index (χ0v) is 11.2. The summed E-state index contributed by atoms with van der Waals surface area (Å²) < 4.78 is 11.7. The summed E-state index contributed by atoms with van der Waals surface area (Å²) in [5, 5.41) is 0. The van der Waals surface area contributed by atoms with Crippen LogP contribution in [0.3, 0.4) is 0 Å². The molecule has 2 aliphatic rings. The Kier molecular flexibility index (Phi) is 4.01. The Hall–Kier alpha value is -1.10. The molecule has 1 heterocycles. The molecule has 1 aromatic rings. The zero-order chi connectivity index (χ0) is 13.1. The highest BCUT2D eigenvalue weighted by Gasteiger charge is 2.27. The van der Waals surface area contributed by atoms with E-state index in [0.717, 1.165) is 30.8 Å². The van der Waals surface area contributed by atoms with E-state index in [1.54, 1.807) is 0 Å². The molecule has 3 N–H and O–H groups in total. The predicted octanol–water partition coefficient (Wildman–Crippen LogP) is 2.30. The van der Waals surface area contributed by atoms with Gasteiger partial charge in [0, 0.05) is 6.61 Å². The van der Waals surface area contributed by atoms with Crippen molar-refractivity contribution >= 4 is 0 Å². The molecule has 1 aliphatic heterocycles. The fraction of sp³-hybridized carbons (Fsp3) is 0.600. The summed E-state index contributed by atoms with van der Waals surface area (Å²) in [6, 6.07) is 8.25. The standard InChI is InChI=1S/C15H22N2O2/c16-17-15(14-6-1-2-9-18-14)11-4-3-5-13(10-11)19-12-7-8-12/h3-5,10,12,14-15,17H,1-2,6-9,16H2. The van der Waals surface area contributed by atoms with Crippen molar-refractivity contribution in [1.29, 1.82) is 0 Å². The third kappa shape index (κ3) is 3.26. The monoisotopic (exact) mass is 262 g/mol. The lowest BCUT2D eigenvalue weighted by molar-refractivity contribution is -0.00825. The molecule has 0 aromatic heterocycles. The molecule has 4 heteroatoms. The van der Waals surface area contributed by atoms with Crippen molar-refractivity contribution in [3.05, 3.63) is 29.8 Å². The van der Waals surface area contributed by atoms with Crippen molar-refractivity contribution in [3.8, 4) is 5.75 Å². The number of rotatable bonds is 5. The average Bonchev–Trinajstić information content (AvgIpc) is 3.25. The van der Waals surface area contributed by atoms with Gasteiger partial charge in [-0.25, -0.2) is 0 Å². The van der Waals surface area contributed by atoms with Gasteiger partial charge in [0.1, 0.15) is 5.75 Å². The summed E-state index contributed by atoms with van der Waals surface area (Å²) >= 11 is 0. The second-order valence-corrected chi connectivity index (χ2v) is 5.44. The van der Waals surface area contributed by atoms with Crippen LogP contribution in [0.15, 0.2) is 24.3 Å². The van der Waals surface area contributed by atoms with Crippen LogP contribution in [0.2, 0.25) is 0 Å². The number of ether oxygens (including phenoxy) is 2. The lowest BCUT2D eigenvalue weighted by Crippen LogP contribution is -2.39. The van der Waals surface area contributed by atoms with Crippen molar-refractivity contribution in [2.75, 3.05) is 6.61 Å². The average molecular weight is 262 g/mol. The summed E-state index contributed by atoms with van der Waals surface area (Å²) in [6.45, 7) is 0.834. The summed E-state index contributed by atoms with van der Waals surface area (Å²) in [6.07, 6.45) is 6.35. The molecule has 0 radical (unpaired) electrons. The topological polar surface area (TPSA) is 56.5 Å². The molecule has 104 valence electrons. The third-order valence-electron chi connectivity index (χ3n) is 3.81. The number of hydrogen-bond acceptors (Lipinski definition) is 4. The summed E-state index contributed by atoms with van der Waals surface area (Å²) in [5.41, 5.74) is 4.05. The van der Waals surface area contributed by atoms with Gasteiger partial charge >= 0.3 is 0 Å². The molecule has 0 bridgehead atoms. The molecule has 1 saturated heterocycles. The summed E-state index contributed by atoms with van der Waals surface area (Å²) in [7, 11) is 0. The smallest absolute Gasteiger partial charge is 0.120 e. The molecule has 1 aromatic carbocycles. The number of hydrogen-bond donors (Lipinski definition) is 2. The molecule has 3 rings (SSSR count). The maximum absolute atomic E-state index is 5.84. The van der Waals surface area contributed by atoms with Crippen LogP contribution in [0.1, 0.15) is 43.7 Å². The first kappa shape index (κ1) is 12.9. The van der Waals surface area contributed by atoms with Crippen LogP contribution in [0.5, 0.6) is 5.75 Å². The third-order valence-corrected chi connectivity index (χ3v) is 3.81. The number of hydrazine groups is 1. The van der Waals surface area contributed by atoms with E-state index in [9.17, 15) is 0 Å². The fourth-order valence-corrected chi connectivity index (χ4v) is 2.61. The van der Waals surface area contributed by atoms with Crippen molar-refractivity contribution < 1.29 is 9.47 Å². The normalized spacial score (nSPS) is 25.0. The van der Waals surface area contributed by atoms with Crippen LogP contribution < -0.4 is 16.0 Å². The Bertz CT molecular complexity index is 414. The van der Waals surface area contributed by atoms with Gasteiger partial charge in [0.2, 0.25) is 0 Å². The van der Waals surface area contributed by atoms with E-state index in [-0.39, 0.29) is 12.1 Å². The predicted molar refractivity (Wildman–Crippen MR) is 73.7 cm³/mol. The lowest BCUT2D eigenvalue weighted by Gasteiger charge is -2.30. The Morgan fingerprint density at radius 3 is 2.84 bits per heavy atom. The van der Waals surface area contributed by atoms with Gasteiger partial charge in [0.25, 0.3) is 0 Å². The summed E-state index contributed by atoms with van der Waals surface area (Å²) in [4.78, 5) is 0. The van der Waals surface area contributed by atoms with Crippen LogP contribution in [0, 0.1) is 0 Å². The SMILES string of the molecule is NNC(c1cccc(OC2CC2)c1)C1CCCCO1. The molecule has 2 fully saturated rings. The maximum Gasteiger partial charge on any atom is 0.120 e. The second kappa shape index (κ2) is 5.90. The van der Waals surface area contributed by atoms with Gasteiger partial charge in [-0.15, -0.1) is 0 Å². The van der Waals surface area contributed by atoms with E-state index in [1.807, 2.05) is 12.1 Å². The van der Waals surface area contributed by atoms with Gasteiger partial charge in [0.05, 0.1) is 18.2 Å². The summed E-state index contributed by atoms with van der Waals surface area (Å²) in [5.74, 6) is 6.67. The first-order valence-electron chi connectivity index (χ1n) is 7.21. The molecule has 0 amide bonds. The molecule has 1 saturated carbocycles. The molecule has 1 aliphatic carbocycles. The molecule has 19 heavy (non-hydrogen) atoms. The number of nitrogens with one attached hydrogen (secondary N) is 1. The van der Waals surface area contributed by atoms with Gasteiger partial charge in [0.15, 0.2) is 0 Å². The highest BCUT2D eigenvalue weighted by Crippen LogP contribution is 2.31. The second-order valence-electron chi connectivity index (χ2n) is 5.44. The Morgan fingerprint density at radius 2 is 2.16 bits per heavy atom. The maximum atomic E-state index is 5.84. The minimum atomic E-state index is 0.0445. The quantitative estimate of drug-likeness (QED) is 0.631. The first-order chi connectivity index (χ1) is 9.36. The van der Waals surface area contributed by atoms with Gasteiger partial charge in [-0.05, 0) is 49.8 Å². The fourth-order valence-electron chi connectivity index (χ4n) is 2.61. The zero-order valence-electron chi connectivity index (χ0n) is 11.2. The van der Waals surface area contributed by atoms with Crippen LogP contribution in [0.25, 0.3) is 0 Å². The van der Waals surface area contributed by atoms with Gasteiger partial charge in [-0.2, -0.15) is 0 Å². The molecule has 2 unspecified atom stereocenters. The Labute approximate surface area is 114 Å². The largest absolute Gasteiger partial charge is 0.490 e. The van der Waals surface area contributed by atoms with E-state index >= 15 is 0 Å². The van der Waals surface area contributed by atoms with Crippen LogP contribution in [0.4, 0.5) is 0 Å². The van der Waals surface area contributed by atoms with Crippen LogP contribution in [-0.2, 0) is 4.74 Å². The van der Waals surface area contributed by atoms with E-state index < -0.39 is 0 Å². The van der Waals surface area contributed by atoms with Crippen LogP contribution >= 0.6 is 0 Å². The van der Waals surface area contributed by atoms with Gasteiger partial charge in [-0.1, -0.05) is 12.1 Å². The minimum absolute atomic E-state index is 0.0445. The van der Waals surface area contributed by atoms with Crippen molar-refractivity contribution in [2.24, 2.45) is 5.84 Å². The van der Waals surface area contributed by atoms with Crippen molar-refractivity contribution in [3.63, 3.8) is 0 Å². The van der Waals surface area contributed by atoms with Gasteiger partial charge < -0.3 is 9.47 Å². The van der Waals surface area contributed by atoms with Crippen molar-refractivity contribution in [2.45, 2.75) is 50.4 Å². The highest BCUT2D eigenvalue weighted by molar-refractivity contribution is 5.31. The Morgan fingerprint density at radius 1 is 1.26 bits per heavy atom. The molecular formula is C15H22N2O2. The van der Waals surface area contributed by atoms with E-state index in [0.29, 0.717) is 6.10 Å². The molecular weight excluding hydrogens is 240 g/mol. The van der Waals surface area contributed by atoms with Crippen molar-refractivity contribution in [1.82, 2.24) is 5.43 Å². The molecule has 0 spiro atoms. The first-order valence-corrected chi connectivity index (χ1v) is 7.21. The Balaban J connectivity index is 1.73. The van der Waals surface area contributed by atoms with Crippen LogP contribution in [-0.4, -0.2) is 18.8 Å². The number of nitrogens with two attached hydrogens (primary N) is 1. The van der Waals surface area contributed by atoms with E-state index in [4.69, 9.17) is 15.3 Å². The molecule has 4 nitrogen and oxygen atoms in total. The van der Waals surface area contributed by atoms with E-state index in [2.05, 4.69) is 17.6 Å². The minimum Gasteiger partial charge on any atom is -0.490 e. The van der Waals surface area contributed by atoms with E-state index in [1.165, 1.54) is 19.3 Å². The highest BCUT2D eigenvalue weighted by atomic mass is 16.5. The van der Waals surface area contributed by atoms with Gasteiger partial charge in [-0.3, -0.25) is 11.3 Å².